The summed E-state index contributed by atoms with van der Waals surface area (Å²) in [6.45, 7) is 1.50. The lowest BCUT2D eigenvalue weighted by molar-refractivity contribution is 0.321. The van der Waals surface area contributed by atoms with E-state index in [0.717, 1.165) is 55.4 Å². The number of hydrogen-bond donors (Lipinski definition) is 2. The van der Waals surface area contributed by atoms with Gasteiger partial charge in [-0.15, -0.1) is 0 Å². The summed E-state index contributed by atoms with van der Waals surface area (Å²) in [5, 5.41) is 7.09. The van der Waals surface area contributed by atoms with E-state index < -0.39 is 11.6 Å². The van der Waals surface area contributed by atoms with Crippen LogP contribution in [0.5, 0.6) is 5.88 Å². The van der Waals surface area contributed by atoms with E-state index in [9.17, 15) is 8.78 Å². The van der Waals surface area contributed by atoms with Gasteiger partial charge < -0.3 is 15.4 Å². The van der Waals surface area contributed by atoms with Crippen molar-refractivity contribution in [3.8, 4) is 5.88 Å². The van der Waals surface area contributed by atoms with Gasteiger partial charge in [-0.25, -0.2) is 13.8 Å². The molecule has 0 aliphatic carbocycles. The Kier molecular flexibility index (Phi) is 7.39. The van der Waals surface area contributed by atoms with Crippen molar-refractivity contribution in [2.24, 2.45) is 0 Å². The number of methoxy groups -OCH3 is 1. The third kappa shape index (κ3) is 5.66. The highest BCUT2D eigenvalue weighted by atomic mass is 19.1. The number of hydrogen-bond acceptors (Lipinski definition) is 5. The number of halogens is 2. The first-order chi connectivity index (χ1) is 15.6. The number of benzene rings is 1. The fourth-order valence-corrected chi connectivity index (χ4v) is 4.10. The zero-order valence-corrected chi connectivity index (χ0v) is 18.2. The summed E-state index contributed by atoms with van der Waals surface area (Å²) in [5.74, 6) is -0.248. The van der Waals surface area contributed by atoms with Gasteiger partial charge in [0.05, 0.1) is 18.1 Å². The van der Waals surface area contributed by atoms with E-state index in [2.05, 4.69) is 20.6 Å². The van der Waals surface area contributed by atoms with Gasteiger partial charge in [0, 0.05) is 43.0 Å². The molecule has 1 aromatic carbocycles. The van der Waals surface area contributed by atoms with E-state index in [1.807, 2.05) is 30.5 Å². The van der Waals surface area contributed by atoms with Gasteiger partial charge in [0.1, 0.15) is 11.6 Å². The van der Waals surface area contributed by atoms with Crippen molar-refractivity contribution >= 4 is 17.1 Å². The molecule has 0 bridgehead atoms. The molecule has 1 aliphatic heterocycles. The summed E-state index contributed by atoms with van der Waals surface area (Å²) in [6, 6.07) is 10.1. The molecule has 0 saturated carbocycles. The molecule has 7 heteroatoms. The van der Waals surface area contributed by atoms with Crippen molar-refractivity contribution < 1.29 is 13.5 Å². The summed E-state index contributed by atoms with van der Waals surface area (Å²) >= 11 is 0. The lowest BCUT2D eigenvalue weighted by Gasteiger charge is -2.30. The Balaban J connectivity index is 1.23. The third-order valence-electron chi connectivity index (χ3n) is 5.91. The van der Waals surface area contributed by atoms with E-state index >= 15 is 0 Å². The first-order valence-corrected chi connectivity index (χ1v) is 11.0. The molecule has 0 spiro atoms. The molecular formula is C25H28F2N4O. The van der Waals surface area contributed by atoms with Crippen LogP contribution in [0.25, 0.3) is 17.1 Å². The Morgan fingerprint density at radius 2 is 2.09 bits per heavy atom. The van der Waals surface area contributed by atoms with Crippen LogP contribution in [0.2, 0.25) is 0 Å². The quantitative estimate of drug-likeness (QED) is 0.550. The van der Waals surface area contributed by atoms with E-state index in [1.54, 1.807) is 13.2 Å². The standard InChI is InChI=1S/C25H28F2N4O/c1-32-24-11-10-23-25(31-24)17(12-14-29-23)4-6-20-7-8-21(16-30-20)28-13-2-3-18-15-19(26)5-9-22(18)27/h2-3,5,9-12,14-15,20-21,28,30H,4,6-8,13,16H2,1H3/b3-2+. The number of pyridine rings is 2. The summed E-state index contributed by atoms with van der Waals surface area (Å²) in [5.41, 5.74) is 3.24. The largest absolute Gasteiger partial charge is 0.481 e. The van der Waals surface area contributed by atoms with Gasteiger partial charge in [-0.1, -0.05) is 12.2 Å². The molecule has 1 aliphatic rings. The van der Waals surface area contributed by atoms with Crippen molar-refractivity contribution in [3.05, 3.63) is 71.4 Å². The maximum atomic E-state index is 13.7. The minimum Gasteiger partial charge on any atom is -0.481 e. The molecule has 3 aromatic rings. The third-order valence-corrected chi connectivity index (χ3v) is 5.91. The monoisotopic (exact) mass is 438 g/mol. The highest BCUT2D eigenvalue weighted by Crippen LogP contribution is 2.21. The number of aryl methyl sites for hydroxylation is 1. The zero-order chi connectivity index (χ0) is 22.3. The first kappa shape index (κ1) is 22.3. The molecule has 2 N–H and O–H groups in total. The normalized spacial score (nSPS) is 19.0. The second kappa shape index (κ2) is 10.6. The van der Waals surface area contributed by atoms with Crippen molar-refractivity contribution in [1.82, 2.24) is 20.6 Å². The number of fused-ring (bicyclic) bond motifs is 1. The van der Waals surface area contributed by atoms with E-state index in [0.29, 0.717) is 24.5 Å². The van der Waals surface area contributed by atoms with Crippen LogP contribution >= 0.6 is 0 Å². The van der Waals surface area contributed by atoms with Crippen molar-refractivity contribution in [2.45, 2.75) is 37.8 Å². The second-order valence-corrected chi connectivity index (χ2v) is 8.09. The fourth-order valence-electron chi connectivity index (χ4n) is 4.10. The number of nitrogens with zero attached hydrogens (tertiary/aromatic N) is 2. The molecule has 1 saturated heterocycles. The topological polar surface area (TPSA) is 59.1 Å². The summed E-state index contributed by atoms with van der Waals surface area (Å²) in [6.07, 6.45) is 9.40. The molecule has 2 unspecified atom stereocenters. The predicted octanol–water partition coefficient (Wildman–Crippen LogP) is 4.27. The molecule has 168 valence electrons. The second-order valence-electron chi connectivity index (χ2n) is 8.09. The first-order valence-electron chi connectivity index (χ1n) is 11.0. The van der Waals surface area contributed by atoms with E-state index in [-0.39, 0.29) is 5.56 Å². The summed E-state index contributed by atoms with van der Waals surface area (Å²) < 4.78 is 32.1. The highest BCUT2D eigenvalue weighted by molar-refractivity contribution is 5.78. The minimum atomic E-state index is -0.434. The molecule has 1 fully saturated rings. The molecule has 4 rings (SSSR count). The van der Waals surface area contributed by atoms with Crippen LogP contribution in [0, 0.1) is 11.6 Å². The molecule has 32 heavy (non-hydrogen) atoms. The van der Waals surface area contributed by atoms with E-state index in [4.69, 9.17) is 4.74 Å². The number of piperidine rings is 1. The average Bonchev–Trinajstić information content (AvgIpc) is 2.83. The minimum absolute atomic E-state index is 0.268. The van der Waals surface area contributed by atoms with Gasteiger partial charge in [-0.05, 0) is 61.6 Å². The van der Waals surface area contributed by atoms with Crippen molar-refractivity contribution in [2.75, 3.05) is 20.2 Å². The van der Waals surface area contributed by atoms with Gasteiger partial charge in [0.25, 0.3) is 0 Å². The number of aromatic nitrogens is 2. The lowest BCUT2D eigenvalue weighted by atomic mass is 9.95. The Morgan fingerprint density at radius 1 is 1.19 bits per heavy atom. The highest BCUT2D eigenvalue weighted by Gasteiger charge is 2.20. The van der Waals surface area contributed by atoms with E-state index in [1.165, 1.54) is 11.6 Å². The Bertz CT molecular complexity index is 1080. The van der Waals surface area contributed by atoms with Gasteiger partial charge >= 0.3 is 0 Å². The molecule has 2 aromatic heterocycles. The van der Waals surface area contributed by atoms with Gasteiger partial charge in [0.15, 0.2) is 0 Å². The SMILES string of the molecule is COc1ccc2nccc(CCC3CCC(NC/C=C/c4cc(F)ccc4F)CN3)c2n1. The smallest absolute Gasteiger partial charge is 0.213 e. The molecule has 0 radical (unpaired) electrons. The van der Waals surface area contributed by atoms with Crippen LogP contribution in [-0.2, 0) is 6.42 Å². The molecule has 3 heterocycles. The molecule has 0 amide bonds. The zero-order valence-electron chi connectivity index (χ0n) is 18.2. The Hall–Kier alpha value is -2.90. The maximum Gasteiger partial charge on any atom is 0.213 e. The van der Waals surface area contributed by atoms with Crippen LogP contribution in [0.4, 0.5) is 8.78 Å². The van der Waals surface area contributed by atoms with Crippen LogP contribution in [-0.4, -0.2) is 42.3 Å². The van der Waals surface area contributed by atoms with Crippen LogP contribution in [0.1, 0.15) is 30.4 Å². The van der Waals surface area contributed by atoms with Gasteiger partial charge in [-0.2, -0.15) is 0 Å². The van der Waals surface area contributed by atoms with Crippen LogP contribution in [0.3, 0.4) is 0 Å². The number of rotatable bonds is 8. The number of ether oxygens (including phenoxy) is 1. The fraction of sp³-hybridized carbons (Fsp3) is 0.360. The van der Waals surface area contributed by atoms with Gasteiger partial charge in [-0.3, -0.25) is 4.98 Å². The molecular weight excluding hydrogens is 410 g/mol. The Morgan fingerprint density at radius 3 is 2.91 bits per heavy atom. The average molecular weight is 439 g/mol. The van der Waals surface area contributed by atoms with Crippen LogP contribution in [0.15, 0.2) is 48.7 Å². The van der Waals surface area contributed by atoms with Gasteiger partial charge in [0.2, 0.25) is 5.88 Å². The molecule has 2 atom stereocenters. The Labute approximate surface area is 186 Å². The number of nitrogens with one attached hydrogen (secondary N) is 2. The van der Waals surface area contributed by atoms with Crippen molar-refractivity contribution in [3.63, 3.8) is 0 Å². The predicted molar refractivity (Wildman–Crippen MR) is 123 cm³/mol. The summed E-state index contributed by atoms with van der Waals surface area (Å²) in [4.78, 5) is 8.98. The lowest BCUT2D eigenvalue weighted by Crippen LogP contribution is -2.48. The molecule has 5 nitrogen and oxygen atoms in total. The van der Waals surface area contributed by atoms with Crippen molar-refractivity contribution in [1.29, 1.82) is 0 Å². The summed E-state index contributed by atoms with van der Waals surface area (Å²) in [7, 11) is 1.62. The van der Waals surface area contributed by atoms with Crippen LogP contribution < -0.4 is 15.4 Å². The maximum absolute atomic E-state index is 13.7.